The number of hydrogen-bond donors (Lipinski definition) is 2. The summed E-state index contributed by atoms with van der Waals surface area (Å²) in [4.78, 5) is 9.58. The first-order valence-corrected chi connectivity index (χ1v) is 10.3. The molecule has 0 atom stereocenters. The SMILES string of the molecule is CCOc1cc(-c2csc(NC(C)C)n2)nc2c(C)c(NCCC#N)ccc12. The molecule has 0 radical (unpaired) electrons. The van der Waals surface area contributed by atoms with Crippen LogP contribution in [0.25, 0.3) is 22.3 Å². The number of nitrogens with one attached hydrogen (secondary N) is 2. The van der Waals surface area contributed by atoms with E-state index < -0.39 is 0 Å². The van der Waals surface area contributed by atoms with Crippen LogP contribution >= 0.6 is 11.3 Å². The van der Waals surface area contributed by atoms with E-state index in [1.807, 2.05) is 37.4 Å². The Morgan fingerprint density at radius 3 is 2.79 bits per heavy atom. The minimum Gasteiger partial charge on any atom is -0.493 e. The van der Waals surface area contributed by atoms with Gasteiger partial charge in [-0.05, 0) is 45.4 Å². The molecule has 28 heavy (non-hydrogen) atoms. The van der Waals surface area contributed by atoms with E-state index in [2.05, 4.69) is 35.5 Å². The van der Waals surface area contributed by atoms with Crippen LogP contribution in [-0.2, 0) is 0 Å². The summed E-state index contributed by atoms with van der Waals surface area (Å²) in [5.74, 6) is 0.806. The summed E-state index contributed by atoms with van der Waals surface area (Å²) < 4.78 is 5.90. The van der Waals surface area contributed by atoms with Gasteiger partial charge in [-0.2, -0.15) is 5.26 Å². The summed E-state index contributed by atoms with van der Waals surface area (Å²) in [5.41, 5.74) is 4.53. The van der Waals surface area contributed by atoms with Gasteiger partial charge in [0.05, 0.1) is 30.3 Å². The van der Waals surface area contributed by atoms with Crippen molar-refractivity contribution >= 4 is 33.1 Å². The third kappa shape index (κ3) is 4.34. The maximum absolute atomic E-state index is 8.77. The monoisotopic (exact) mass is 395 g/mol. The summed E-state index contributed by atoms with van der Waals surface area (Å²) in [6, 6.07) is 8.48. The van der Waals surface area contributed by atoms with E-state index in [4.69, 9.17) is 15.0 Å². The molecular formula is C21H25N5OS. The van der Waals surface area contributed by atoms with Crippen molar-refractivity contribution < 1.29 is 4.74 Å². The van der Waals surface area contributed by atoms with Gasteiger partial charge in [0, 0.05) is 35.1 Å². The zero-order valence-electron chi connectivity index (χ0n) is 16.7. The molecule has 0 bridgehead atoms. The van der Waals surface area contributed by atoms with E-state index >= 15 is 0 Å². The van der Waals surface area contributed by atoms with Crippen molar-refractivity contribution in [2.24, 2.45) is 0 Å². The lowest BCUT2D eigenvalue weighted by Crippen LogP contribution is -2.09. The molecule has 6 nitrogen and oxygen atoms in total. The van der Waals surface area contributed by atoms with E-state index in [1.165, 1.54) is 0 Å². The number of nitrogens with zero attached hydrogens (tertiary/aromatic N) is 3. The Bertz CT molecular complexity index is 1010. The molecule has 0 aliphatic carbocycles. The Kier molecular flexibility index (Phi) is 6.32. The predicted octanol–water partition coefficient (Wildman–Crippen LogP) is 5.21. The van der Waals surface area contributed by atoms with E-state index in [1.54, 1.807) is 11.3 Å². The maximum Gasteiger partial charge on any atom is 0.183 e. The number of pyridine rings is 1. The molecule has 3 aromatic rings. The van der Waals surface area contributed by atoms with Crippen LogP contribution in [0.5, 0.6) is 5.75 Å². The van der Waals surface area contributed by atoms with Crippen LogP contribution in [0.4, 0.5) is 10.8 Å². The highest BCUT2D eigenvalue weighted by Gasteiger charge is 2.15. The van der Waals surface area contributed by atoms with Crippen molar-refractivity contribution in [1.29, 1.82) is 5.26 Å². The summed E-state index contributed by atoms with van der Waals surface area (Å²) in [6.45, 7) is 9.38. The van der Waals surface area contributed by atoms with E-state index in [-0.39, 0.29) is 0 Å². The zero-order chi connectivity index (χ0) is 20.1. The average Bonchev–Trinajstić information content (AvgIpc) is 3.12. The Balaban J connectivity index is 2.06. The quantitative estimate of drug-likeness (QED) is 0.509. The van der Waals surface area contributed by atoms with E-state index in [0.717, 1.165) is 44.4 Å². The molecule has 2 aromatic heterocycles. The third-order valence-corrected chi connectivity index (χ3v) is 5.00. The molecule has 0 saturated carbocycles. The number of hydrogen-bond acceptors (Lipinski definition) is 7. The molecule has 2 N–H and O–H groups in total. The van der Waals surface area contributed by atoms with Crippen molar-refractivity contribution in [3.8, 4) is 23.2 Å². The zero-order valence-corrected chi connectivity index (χ0v) is 17.5. The highest BCUT2D eigenvalue weighted by molar-refractivity contribution is 7.14. The highest BCUT2D eigenvalue weighted by atomic mass is 32.1. The second-order valence-electron chi connectivity index (χ2n) is 6.74. The molecule has 0 spiro atoms. The Morgan fingerprint density at radius 1 is 1.25 bits per heavy atom. The minimum absolute atomic E-state index is 0.326. The molecule has 7 heteroatoms. The summed E-state index contributed by atoms with van der Waals surface area (Å²) >= 11 is 1.57. The second-order valence-corrected chi connectivity index (χ2v) is 7.60. The molecule has 3 rings (SSSR count). The molecule has 0 fully saturated rings. The number of nitriles is 1. The van der Waals surface area contributed by atoms with Crippen molar-refractivity contribution in [3.05, 3.63) is 29.1 Å². The molecule has 0 unspecified atom stereocenters. The number of ether oxygens (including phenoxy) is 1. The summed E-state index contributed by atoms with van der Waals surface area (Å²) in [7, 11) is 0. The second kappa shape index (κ2) is 8.89. The lowest BCUT2D eigenvalue weighted by atomic mass is 10.1. The smallest absolute Gasteiger partial charge is 0.183 e. The van der Waals surface area contributed by atoms with Crippen LogP contribution in [0.15, 0.2) is 23.6 Å². The summed E-state index contributed by atoms with van der Waals surface area (Å²) in [5, 5.41) is 19.3. The first kappa shape index (κ1) is 19.9. The van der Waals surface area contributed by atoms with Gasteiger partial charge in [0.1, 0.15) is 11.4 Å². The van der Waals surface area contributed by atoms with Crippen molar-refractivity contribution in [2.45, 2.75) is 40.2 Å². The molecule has 0 amide bonds. The first-order chi connectivity index (χ1) is 13.5. The third-order valence-electron chi connectivity index (χ3n) is 4.23. The maximum atomic E-state index is 8.77. The van der Waals surface area contributed by atoms with Gasteiger partial charge in [-0.1, -0.05) is 0 Å². The van der Waals surface area contributed by atoms with Crippen LogP contribution in [0.3, 0.4) is 0 Å². The molecule has 146 valence electrons. The van der Waals surface area contributed by atoms with Crippen molar-refractivity contribution in [1.82, 2.24) is 9.97 Å². The van der Waals surface area contributed by atoms with Gasteiger partial charge < -0.3 is 15.4 Å². The Hall–Kier alpha value is -2.85. The molecule has 2 heterocycles. The normalized spacial score (nSPS) is 10.9. The number of benzene rings is 1. The van der Waals surface area contributed by atoms with Crippen molar-refractivity contribution in [2.75, 3.05) is 23.8 Å². The van der Waals surface area contributed by atoms with Crippen molar-refractivity contribution in [3.63, 3.8) is 0 Å². The molecule has 0 aliphatic rings. The molecule has 1 aromatic carbocycles. The van der Waals surface area contributed by atoms with Gasteiger partial charge in [0.15, 0.2) is 5.13 Å². The summed E-state index contributed by atoms with van der Waals surface area (Å²) in [6.07, 6.45) is 0.458. The van der Waals surface area contributed by atoms with Gasteiger partial charge in [0.2, 0.25) is 0 Å². The molecule has 0 saturated heterocycles. The number of aromatic nitrogens is 2. The average molecular weight is 396 g/mol. The van der Waals surface area contributed by atoms with E-state index in [0.29, 0.717) is 25.6 Å². The van der Waals surface area contributed by atoms with Crippen LogP contribution in [0.2, 0.25) is 0 Å². The predicted molar refractivity (Wildman–Crippen MR) is 116 cm³/mol. The van der Waals surface area contributed by atoms with Gasteiger partial charge in [-0.3, -0.25) is 0 Å². The fourth-order valence-electron chi connectivity index (χ4n) is 2.95. The van der Waals surface area contributed by atoms with Gasteiger partial charge in [-0.25, -0.2) is 9.97 Å². The number of fused-ring (bicyclic) bond motifs is 1. The van der Waals surface area contributed by atoms with Crippen LogP contribution in [0, 0.1) is 18.3 Å². The topological polar surface area (TPSA) is 82.9 Å². The van der Waals surface area contributed by atoms with Gasteiger partial charge in [0.25, 0.3) is 0 Å². The largest absolute Gasteiger partial charge is 0.493 e. The first-order valence-electron chi connectivity index (χ1n) is 9.43. The number of aryl methyl sites for hydroxylation is 1. The standard InChI is InChI=1S/C21H25N5OS/c1-5-27-19-11-17(18-12-28-21(26-18)24-13(2)3)25-20-14(4)16(8-7-15(19)20)23-10-6-9-22/h7-8,11-13,23H,5-6,10H2,1-4H3,(H,24,26). The Morgan fingerprint density at radius 2 is 2.07 bits per heavy atom. The van der Waals surface area contributed by atoms with Crippen LogP contribution in [0.1, 0.15) is 32.8 Å². The number of thiazole rings is 1. The van der Waals surface area contributed by atoms with Gasteiger partial charge in [-0.15, -0.1) is 11.3 Å². The van der Waals surface area contributed by atoms with E-state index in [9.17, 15) is 0 Å². The number of anilines is 2. The molecular weight excluding hydrogens is 370 g/mol. The highest BCUT2D eigenvalue weighted by Crippen LogP contribution is 2.35. The molecule has 0 aliphatic heterocycles. The fourth-order valence-corrected chi connectivity index (χ4v) is 3.80. The van der Waals surface area contributed by atoms with Crippen LogP contribution < -0.4 is 15.4 Å². The lowest BCUT2D eigenvalue weighted by molar-refractivity contribution is 0.344. The van der Waals surface area contributed by atoms with Crippen LogP contribution in [-0.4, -0.2) is 29.2 Å². The Labute approximate surface area is 169 Å². The lowest BCUT2D eigenvalue weighted by Gasteiger charge is -2.14. The fraction of sp³-hybridized carbons (Fsp3) is 0.381. The number of rotatable bonds is 8. The minimum atomic E-state index is 0.326. The van der Waals surface area contributed by atoms with Gasteiger partial charge >= 0.3 is 0 Å².